The highest BCUT2D eigenvalue weighted by Gasteiger charge is 2.24. The van der Waals surface area contributed by atoms with Gasteiger partial charge in [0.25, 0.3) is 5.91 Å². The molecule has 0 saturated carbocycles. The molecule has 1 fully saturated rings. The molecule has 4 nitrogen and oxygen atoms in total. The molecule has 0 spiro atoms. The first-order chi connectivity index (χ1) is 9.75. The Morgan fingerprint density at radius 2 is 1.80 bits per heavy atom. The van der Waals surface area contributed by atoms with Gasteiger partial charge in [0.1, 0.15) is 0 Å². The third kappa shape index (κ3) is 2.51. The number of amides is 1. The molecule has 0 bridgehead atoms. The summed E-state index contributed by atoms with van der Waals surface area (Å²) in [6, 6.07) is 11.2. The summed E-state index contributed by atoms with van der Waals surface area (Å²) < 4.78 is 5.15. The van der Waals surface area contributed by atoms with E-state index in [1.165, 1.54) is 6.26 Å². The molecule has 2 aromatic rings. The summed E-state index contributed by atoms with van der Waals surface area (Å²) >= 11 is 6.20. The van der Waals surface area contributed by atoms with Gasteiger partial charge in [-0.15, -0.1) is 0 Å². The van der Waals surface area contributed by atoms with Crippen LogP contribution < -0.4 is 4.90 Å². The van der Waals surface area contributed by atoms with Crippen molar-refractivity contribution in [3.63, 3.8) is 0 Å². The fraction of sp³-hybridized carbons (Fsp3) is 0.267. The third-order valence-electron chi connectivity index (χ3n) is 3.49. The number of benzene rings is 1. The summed E-state index contributed by atoms with van der Waals surface area (Å²) in [5.74, 6) is 0.352. The Morgan fingerprint density at radius 3 is 2.45 bits per heavy atom. The molecule has 104 valence electrons. The SMILES string of the molecule is O=C(c1ccco1)N1CCN(c2ccccc2Cl)CC1. The van der Waals surface area contributed by atoms with E-state index in [0.29, 0.717) is 18.8 Å². The van der Waals surface area contributed by atoms with Crippen molar-refractivity contribution >= 4 is 23.2 Å². The van der Waals surface area contributed by atoms with Crippen molar-refractivity contribution in [2.24, 2.45) is 0 Å². The molecule has 1 aromatic heterocycles. The lowest BCUT2D eigenvalue weighted by Crippen LogP contribution is -2.48. The summed E-state index contributed by atoms with van der Waals surface area (Å²) in [5.41, 5.74) is 1.03. The smallest absolute Gasteiger partial charge is 0.289 e. The summed E-state index contributed by atoms with van der Waals surface area (Å²) in [7, 11) is 0. The molecule has 0 aliphatic carbocycles. The lowest BCUT2D eigenvalue weighted by molar-refractivity contribution is 0.0714. The van der Waals surface area contributed by atoms with Crippen LogP contribution in [0.4, 0.5) is 5.69 Å². The number of carbonyl (C=O) groups is 1. The lowest BCUT2D eigenvalue weighted by Gasteiger charge is -2.36. The van der Waals surface area contributed by atoms with Gasteiger partial charge in [0.2, 0.25) is 0 Å². The van der Waals surface area contributed by atoms with Crippen LogP contribution in [0.15, 0.2) is 47.1 Å². The molecular formula is C15H15ClN2O2. The zero-order valence-electron chi connectivity index (χ0n) is 11.0. The fourth-order valence-corrected chi connectivity index (χ4v) is 2.67. The molecule has 1 aromatic carbocycles. The molecule has 3 rings (SSSR count). The van der Waals surface area contributed by atoms with E-state index in [0.717, 1.165) is 23.8 Å². The maximum Gasteiger partial charge on any atom is 0.289 e. The molecule has 1 saturated heterocycles. The van der Waals surface area contributed by atoms with Crippen molar-refractivity contribution in [1.29, 1.82) is 0 Å². The first kappa shape index (κ1) is 13.1. The second-order valence-electron chi connectivity index (χ2n) is 4.71. The van der Waals surface area contributed by atoms with Gasteiger partial charge in [0.05, 0.1) is 17.0 Å². The monoisotopic (exact) mass is 290 g/mol. The number of hydrogen-bond donors (Lipinski definition) is 0. The maximum atomic E-state index is 12.2. The lowest BCUT2D eigenvalue weighted by atomic mass is 10.2. The second-order valence-corrected chi connectivity index (χ2v) is 5.12. The Kier molecular flexibility index (Phi) is 3.65. The number of para-hydroxylation sites is 1. The Balaban J connectivity index is 1.65. The van der Waals surface area contributed by atoms with E-state index in [-0.39, 0.29) is 5.91 Å². The minimum atomic E-state index is -0.0474. The second kappa shape index (κ2) is 5.59. The number of anilines is 1. The Bertz CT molecular complexity index is 590. The molecule has 1 aliphatic rings. The molecule has 0 atom stereocenters. The molecular weight excluding hydrogens is 276 g/mol. The van der Waals surface area contributed by atoms with Crippen LogP contribution in [-0.4, -0.2) is 37.0 Å². The predicted molar refractivity (Wildman–Crippen MR) is 78.3 cm³/mol. The molecule has 0 N–H and O–H groups in total. The molecule has 0 unspecified atom stereocenters. The molecule has 1 amide bonds. The van der Waals surface area contributed by atoms with E-state index >= 15 is 0 Å². The number of hydrogen-bond acceptors (Lipinski definition) is 3. The zero-order chi connectivity index (χ0) is 13.9. The molecule has 0 radical (unpaired) electrons. The standard InChI is InChI=1S/C15H15ClN2O2/c16-12-4-1-2-5-13(12)17-7-9-18(10-8-17)15(19)14-6-3-11-20-14/h1-6,11H,7-10H2. The quantitative estimate of drug-likeness (QED) is 0.853. The average Bonchev–Trinajstić information content (AvgIpc) is 3.01. The van der Waals surface area contributed by atoms with Crippen LogP contribution in [0, 0.1) is 0 Å². The van der Waals surface area contributed by atoms with E-state index < -0.39 is 0 Å². The van der Waals surface area contributed by atoms with Crippen molar-refractivity contribution < 1.29 is 9.21 Å². The highest BCUT2D eigenvalue weighted by atomic mass is 35.5. The van der Waals surface area contributed by atoms with Gasteiger partial charge in [-0.2, -0.15) is 0 Å². The van der Waals surface area contributed by atoms with Crippen LogP contribution in [0.25, 0.3) is 0 Å². The van der Waals surface area contributed by atoms with Crippen LogP contribution in [-0.2, 0) is 0 Å². The van der Waals surface area contributed by atoms with Crippen molar-refractivity contribution in [3.8, 4) is 0 Å². The van der Waals surface area contributed by atoms with Crippen LogP contribution in [0.3, 0.4) is 0 Å². The molecule has 20 heavy (non-hydrogen) atoms. The van der Waals surface area contributed by atoms with E-state index in [2.05, 4.69) is 4.90 Å². The van der Waals surface area contributed by atoms with E-state index in [9.17, 15) is 4.79 Å². The highest BCUT2D eigenvalue weighted by molar-refractivity contribution is 6.33. The summed E-state index contributed by atoms with van der Waals surface area (Å²) in [4.78, 5) is 16.2. The largest absolute Gasteiger partial charge is 0.459 e. The summed E-state index contributed by atoms with van der Waals surface area (Å²) in [6.07, 6.45) is 1.52. The number of nitrogens with zero attached hydrogens (tertiary/aromatic N) is 2. The number of halogens is 1. The van der Waals surface area contributed by atoms with Gasteiger partial charge in [0, 0.05) is 26.2 Å². The molecule has 5 heteroatoms. The molecule has 2 heterocycles. The van der Waals surface area contributed by atoms with Crippen molar-refractivity contribution in [2.75, 3.05) is 31.1 Å². The average molecular weight is 291 g/mol. The van der Waals surface area contributed by atoms with Crippen LogP contribution in [0.1, 0.15) is 10.6 Å². The van der Waals surface area contributed by atoms with Crippen LogP contribution >= 0.6 is 11.6 Å². The Labute approximate surface area is 122 Å². The van der Waals surface area contributed by atoms with Gasteiger partial charge in [-0.3, -0.25) is 4.79 Å². The van der Waals surface area contributed by atoms with Gasteiger partial charge >= 0.3 is 0 Å². The van der Waals surface area contributed by atoms with Gasteiger partial charge in [0.15, 0.2) is 5.76 Å². The minimum absolute atomic E-state index is 0.0474. The molecule has 1 aliphatic heterocycles. The summed E-state index contributed by atoms with van der Waals surface area (Å²) in [5, 5.41) is 0.748. The predicted octanol–water partition coefficient (Wildman–Crippen LogP) is 2.90. The van der Waals surface area contributed by atoms with E-state index in [1.807, 2.05) is 29.2 Å². The first-order valence-corrected chi connectivity index (χ1v) is 6.96. The van der Waals surface area contributed by atoms with E-state index in [1.54, 1.807) is 12.1 Å². The number of carbonyl (C=O) groups excluding carboxylic acids is 1. The summed E-state index contributed by atoms with van der Waals surface area (Å²) in [6.45, 7) is 2.89. The Morgan fingerprint density at radius 1 is 1.05 bits per heavy atom. The van der Waals surface area contributed by atoms with Gasteiger partial charge in [-0.05, 0) is 24.3 Å². The Hall–Kier alpha value is -1.94. The number of rotatable bonds is 2. The zero-order valence-corrected chi connectivity index (χ0v) is 11.7. The third-order valence-corrected chi connectivity index (χ3v) is 3.81. The maximum absolute atomic E-state index is 12.2. The minimum Gasteiger partial charge on any atom is -0.459 e. The first-order valence-electron chi connectivity index (χ1n) is 6.58. The number of piperazine rings is 1. The fourth-order valence-electron chi connectivity index (χ4n) is 2.41. The topological polar surface area (TPSA) is 36.7 Å². The van der Waals surface area contributed by atoms with Gasteiger partial charge in [-0.25, -0.2) is 0 Å². The van der Waals surface area contributed by atoms with Gasteiger partial charge in [-0.1, -0.05) is 23.7 Å². The van der Waals surface area contributed by atoms with Crippen LogP contribution in [0.5, 0.6) is 0 Å². The van der Waals surface area contributed by atoms with Gasteiger partial charge < -0.3 is 14.2 Å². The number of furan rings is 1. The van der Waals surface area contributed by atoms with Crippen molar-refractivity contribution in [1.82, 2.24) is 4.90 Å². The normalized spacial score (nSPS) is 15.4. The van der Waals surface area contributed by atoms with Crippen molar-refractivity contribution in [3.05, 3.63) is 53.4 Å². The highest BCUT2D eigenvalue weighted by Crippen LogP contribution is 2.26. The van der Waals surface area contributed by atoms with Crippen LogP contribution in [0.2, 0.25) is 5.02 Å². The van der Waals surface area contributed by atoms with Crippen molar-refractivity contribution in [2.45, 2.75) is 0 Å². The van der Waals surface area contributed by atoms with E-state index in [4.69, 9.17) is 16.0 Å².